The van der Waals surface area contributed by atoms with Gasteiger partial charge in [0.1, 0.15) is 18.5 Å². The summed E-state index contributed by atoms with van der Waals surface area (Å²) in [5, 5.41) is 13.4. The van der Waals surface area contributed by atoms with Crippen molar-refractivity contribution in [1.82, 2.24) is 0 Å². The summed E-state index contributed by atoms with van der Waals surface area (Å²) in [5.74, 6) is 0.0665. The van der Waals surface area contributed by atoms with Crippen molar-refractivity contribution >= 4 is 17.4 Å². The number of ketones is 1. The van der Waals surface area contributed by atoms with E-state index in [4.69, 9.17) is 4.74 Å². The van der Waals surface area contributed by atoms with E-state index < -0.39 is 12.1 Å². The molecule has 1 atom stereocenters. The van der Waals surface area contributed by atoms with Crippen LogP contribution in [-0.2, 0) is 11.2 Å². The first kappa shape index (κ1) is 23.0. The number of nitrogens with one attached hydrogen (secondary N) is 1. The Morgan fingerprint density at radius 3 is 2.34 bits per heavy atom. The number of aliphatic hydroxyl groups excluding tert-OH is 1. The molecule has 0 heterocycles. The standard InChI is InChI=1S/C26H27NO5/c1-31-26(30)20-12-14-21(15-13-20)27-17-22(28)18-32-25-10-6-5-9-23(25)24(29)16-11-19-7-3-2-4-8-19/h2-10,12-15,22,27-28H,11,16-18H2,1H3/t22-/m1/s1. The Hall–Kier alpha value is -3.64. The van der Waals surface area contributed by atoms with Gasteiger partial charge in [0.2, 0.25) is 0 Å². The molecule has 0 bridgehead atoms. The van der Waals surface area contributed by atoms with Gasteiger partial charge >= 0.3 is 5.97 Å². The van der Waals surface area contributed by atoms with Gasteiger partial charge in [-0.3, -0.25) is 4.79 Å². The topological polar surface area (TPSA) is 84.9 Å². The van der Waals surface area contributed by atoms with Gasteiger partial charge in [-0.1, -0.05) is 42.5 Å². The number of benzene rings is 3. The fourth-order valence-corrected chi connectivity index (χ4v) is 3.18. The third kappa shape index (κ3) is 6.68. The minimum atomic E-state index is -0.789. The smallest absolute Gasteiger partial charge is 0.337 e. The van der Waals surface area contributed by atoms with Crippen molar-refractivity contribution in [3.63, 3.8) is 0 Å². The first-order chi connectivity index (χ1) is 15.6. The maximum atomic E-state index is 12.7. The molecule has 0 fully saturated rings. The number of ether oxygens (including phenoxy) is 2. The van der Waals surface area contributed by atoms with Gasteiger partial charge in [0.25, 0.3) is 0 Å². The molecule has 0 aliphatic heterocycles. The molecule has 166 valence electrons. The Morgan fingerprint density at radius 1 is 0.938 bits per heavy atom. The van der Waals surface area contributed by atoms with Gasteiger partial charge < -0.3 is 19.9 Å². The normalized spacial score (nSPS) is 11.4. The first-order valence-corrected chi connectivity index (χ1v) is 10.5. The van der Waals surface area contributed by atoms with Crippen molar-refractivity contribution in [1.29, 1.82) is 0 Å². The highest BCUT2D eigenvalue weighted by Crippen LogP contribution is 2.21. The van der Waals surface area contributed by atoms with E-state index in [2.05, 4.69) is 10.1 Å². The van der Waals surface area contributed by atoms with Crippen LogP contribution in [0.25, 0.3) is 0 Å². The summed E-state index contributed by atoms with van der Waals surface area (Å²) in [6, 6.07) is 23.7. The van der Waals surface area contributed by atoms with E-state index in [1.54, 1.807) is 48.5 Å². The van der Waals surface area contributed by atoms with E-state index in [9.17, 15) is 14.7 Å². The number of carbonyl (C=O) groups is 2. The van der Waals surface area contributed by atoms with Gasteiger partial charge in [-0.2, -0.15) is 0 Å². The van der Waals surface area contributed by atoms with Crippen LogP contribution in [-0.4, -0.2) is 43.2 Å². The van der Waals surface area contributed by atoms with Crippen LogP contribution in [0.5, 0.6) is 5.75 Å². The quantitative estimate of drug-likeness (QED) is 0.349. The lowest BCUT2D eigenvalue weighted by Gasteiger charge is -2.16. The number of Topliss-reactive ketones (excluding diaryl/α,β-unsaturated/α-hetero) is 1. The van der Waals surface area contributed by atoms with E-state index in [-0.39, 0.29) is 18.9 Å². The van der Waals surface area contributed by atoms with Crippen molar-refractivity contribution in [2.24, 2.45) is 0 Å². The largest absolute Gasteiger partial charge is 0.490 e. The highest BCUT2D eigenvalue weighted by Gasteiger charge is 2.14. The van der Waals surface area contributed by atoms with Gasteiger partial charge in [-0.25, -0.2) is 4.79 Å². The fourth-order valence-electron chi connectivity index (χ4n) is 3.18. The van der Waals surface area contributed by atoms with Crippen molar-refractivity contribution in [2.45, 2.75) is 18.9 Å². The third-order valence-electron chi connectivity index (χ3n) is 4.95. The number of rotatable bonds is 11. The van der Waals surface area contributed by atoms with Crippen molar-refractivity contribution in [3.05, 3.63) is 95.6 Å². The second-order valence-corrected chi connectivity index (χ2v) is 7.32. The molecule has 0 aromatic heterocycles. The molecule has 0 saturated carbocycles. The molecule has 0 aliphatic carbocycles. The van der Waals surface area contributed by atoms with Gasteiger partial charge in [-0.05, 0) is 48.4 Å². The number of carbonyl (C=O) groups excluding carboxylic acids is 2. The average molecular weight is 434 g/mol. The number of aryl methyl sites for hydroxylation is 1. The molecule has 0 spiro atoms. The Morgan fingerprint density at radius 2 is 1.62 bits per heavy atom. The lowest BCUT2D eigenvalue weighted by Crippen LogP contribution is -2.26. The van der Waals surface area contributed by atoms with Gasteiger partial charge in [0, 0.05) is 18.7 Å². The predicted octanol–water partition coefficient (Wildman–Crippen LogP) is 4.14. The Bertz CT molecular complexity index is 1020. The van der Waals surface area contributed by atoms with Crippen molar-refractivity contribution in [2.75, 3.05) is 25.6 Å². The molecule has 0 unspecified atom stereocenters. The molecule has 0 saturated heterocycles. The van der Waals surface area contributed by atoms with Crippen LogP contribution in [0.4, 0.5) is 5.69 Å². The molecule has 6 heteroatoms. The summed E-state index contributed by atoms with van der Waals surface area (Å²) in [5.41, 5.74) is 2.84. The maximum absolute atomic E-state index is 12.7. The van der Waals surface area contributed by atoms with Crippen LogP contribution >= 0.6 is 0 Å². The molecule has 0 amide bonds. The summed E-state index contributed by atoms with van der Waals surface area (Å²) >= 11 is 0. The zero-order valence-corrected chi connectivity index (χ0v) is 18.0. The van der Waals surface area contributed by atoms with E-state index in [1.165, 1.54) is 7.11 Å². The van der Waals surface area contributed by atoms with Gasteiger partial charge in [-0.15, -0.1) is 0 Å². The van der Waals surface area contributed by atoms with Crippen LogP contribution in [0.1, 0.15) is 32.7 Å². The van der Waals surface area contributed by atoms with Crippen molar-refractivity contribution in [3.8, 4) is 5.75 Å². The highest BCUT2D eigenvalue weighted by atomic mass is 16.5. The monoisotopic (exact) mass is 433 g/mol. The minimum Gasteiger partial charge on any atom is -0.490 e. The lowest BCUT2D eigenvalue weighted by molar-refractivity contribution is 0.0600. The summed E-state index contributed by atoms with van der Waals surface area (Å²) in [6.07, 6.45) is 0.258. The van der Waals surface area contributed by atoms with Gasteiger partial charge in [0.05, 0.1) is 18.2 Å². The first-order valence-electron chi connectivity index (χ1n) is 10.5. The molecular weight excluding hydrogens is 406 g/mol. The van der Waals surface area contributed by atoms with Crippen LogP contribution in [0.3, 0.4) is 0 Å². The molecule has 0 aliphatic rings. The zero-order chi connectivity index (χ0) is 22.8. The minimum absolute atomic E-state index is 0.00256. The molecule has 3 rings (SSSR count). The number of hydrogen-bond acceptors (Lipinski definition) is 6. The molecule has 3 aromatic carbocycles. The summed E-state index contributed by atoms with van der Waals surface area (Å²) < 4.78 is 10.4. The number of esters is 1. The number of anilines is 1. The SMILES string of the molecule is COC(=O)c1ccc(NC[C@@H](O)COc2ccccc2C(=O)CCc2ccccc2)cc1. The van der Waals surface area contributed by atoms with E-state index in [1.807, 2.05) is 30.3 Å². The van der Waals surface area contributed by atoms with Crippen LogP contribution in [0.2, 0.25) is 0 Å². The molecular formula is C26H27NO5. The van der Waals surface area contributed by atoms with Crippen LogP contribution < -0.4 is 10.1 Å². The Labute approximate surface area is 187 Å². The van der Waals surface area contributed by atoms with Crippen LogP contribution in [0.15, 0.2) is 78.9 Å². The number of aliphatic hydroxyl groups is 1. The average Bonchev–Trinajstić information content (AvgIpc) is 2.85. The summed E-state index contributed by atoms with van der Waals surface area (Å²) in [6.45, 7) is 0.290. The molecule has 0 radical (unpaired) electrons. The molecule has 3 aromatic rings. The Kier molecular flexibility index (Phi) is 8.40. The lowest BCUT2D eigenvalue weighted by atomic mass is 10.0. The van der Waals surface area contributed by atoms with Crippen LogP contribution in [0, 0.1) is 0 Å². The number of methoxy groups -OCH3 is 1. The Balaban J connectivity index is 1.49. The summed E-state index contributed by atoms with van der Waals surface area (Å²) in [4.78, 5) is 24.2. The van der Waals surface area contributed by atoms with E-state index >= 15 is 0 Å². The highest BCUT2D eigenvalue weighted by molar-refractivity contribution is 5.98. The third-order valence-corrected chi connectivity index (χ3v) is 4.95. The van der Waals surface area contributed by atoms with E-state index in [0.29, 0.717) is 29.7 Å². The van der Waals surface area contributed by atoms with Gasteiger partial charge in [0.15, 0.2) is 5.78 Å². The molecule has 2 N–H and O–H groups in total. The maximum Gasteiger partial charge on any atom is 0.337 e. The second kappa shape index (κ2) is 11.7. The van der Waals surface area contributed by atoms with E-state index in [0.717, 1.165) is 11.3 Å². The molecule has 6 nitrogen and oxygen atoms in total. The summed E-state index contributed by atoms with van der Waals surface area (Å²) in [7, 11) is 1.33. The number of hydrogen-bond donors (Lipinski definition) is 2. The zero-order valence-electron chi connectivity index (χ0n) is 18.0. The second-order valence-electron chi connectivity index (χ2n) is 7.32. The fraction of sp³-hybridized carbons (Fsp3) is 0.231. The van der Waals surface area contributed by atoms with Crippen molar-refractivity contribution < 1.29 is 24.2 Å². The number of para-hydroxylation sites is 1. The predicted molar refractivity (Wildman–Crippen MR) is 123 cm³/mol. The molecule has 32 heavy (non-hydrogen) atoms.